The van der Waals surface area contributed by atoms with Crippen molar-refractivity contribution in [1.82, 2.24) is 0 Å². The normalized spacial score (nSPS) is 11.7. The van der Waals surface area contributed by atoms with E-state index in [9.17, 15) is 4.79 Å². The van der Waals surface area contributed by atoms with Gasteiger partial charge in [-0.1, -0.05) is 84.1 Å². The number of allylic oxidation sites excluding steroid dienone is 1. The minimum absolute atomic E-state index is 0.0907. The monoisotopic (exact) mass is 324 g/mol. The fourth-order valence-corrected chi connectivity index (χ4v) is 2.81. The fraction of sp³-hybridized carbons (Fsp3) is 0.857. The summed E-state index contributed by atoms with van der Waals surface area (Å²) in [7, 11) is 0. The minimum Gasteiger partial charge on any atom is -0.463 e. The van der Waals surface area contributed by atoms with Gasteiger partial charge in [0.1, 0.15) is 0 Å². The van der Waals surface area contributed by atoms with Crippen LogP contribution in [-0.2, 0) is 9.53 Å². The molecule has 0 aliphatic rings. The first kappa shape index (κ1) is 22.2. The van der Waals surface area contributed by atoms with Crippen LogP contribution in [-0.4, -0.2) is 12.6 Å². The maximum absolute atomic E-state index is 12.0. The number of esters is 1. The van der Waals surface area contributed by atoms with E-state index in [0.717, 1.165) is 24.8 Å². The molecule has 0 unspecified atom stereocenters. The molecule has 0 bridgehead atoms. The Balaban J connectivity index is 3.98. The summed E-state index contributed by atoms with van der Waals surface area (Å²) in [5, 5.41) is 0. The van der Waals surface area contributed by atoms with Crippen molar-refractivity contribution in [3.8, 4) is 0 Å². The summed E-state index contributed by atoms with van der Waals surface area (Å²) < 4.78 is 5.20. The van der Waals surface area contributed by atoms with Gasteiger partial charge in [0.15, 0.2) is 0 Å². The number of carbonyl (C=O) groups excluding carboxylic acids is 1. The first-order chi connectivity index (χ1) is 11.3. The predicted molar refractivity (Wildman–Crippen MR) is 101 cm³/mol. The summed E-state index contributed by atoms with van der Waals surface area (Å²) >= 11 is 0. The maximum Gasteiger partial charge on any atom is 0.333 e. The van der Waals surface area contributed by atoms with Gasteiger partial charge in [0.2, 0.25) is 0 Å². The van der Waals surface area contributed by atoms with Crippen molar-refractivity contribution < 1.29 is 9.53 Å². The van der Waals surface area contributed by atoms with Crippen LogP contribution in [0.25, 0.3) is 0 Å². The van der Waals surface area contributed by atoms with Crippen LogP contribution < -0.4 is 0 Å². The van der Waals surface area contributed by atoms with E-state index in [1.54, 1.807) is 0 Å². The van der Waals surface area contributed by atoms with E-state index in [4.69, 9.17) is 4.74 Å². The summed E-state index contributed by atoms with van der Waals surface area (Å²) in [6.45, 7) is 6.85. The van der Waals surface area contributed by atoms with Crippen LogP contribution in [0.4, 0.5) is 0 Å². The molecule has 2 heteroatoms. The van der Waals surface area contributed by atoms with Gasteiger partial charge in [0.05, 0.1) is 6.61 Å². The first-order valence-electron chi connectivity index (χ1n) is 10.1. The molecule has 0 spiro atoms. The molecule has 0 aromatic heterocycles. The number of hydrogen-bond acceptors (Lipinski definition) is 2. The SMILES string of the molecule is CCCCCCCC/C=C(/CCCCCCCC)C(=O)OCC. The lowest BCUT2D eigenvalue weighted by atomic mass is 10.0. The minimum atomic E-state index is -0.0907. The second kappa shape index (κ2) is 17.6. The Kier molecular flexibility index (Phi) is 17.0. The molecule has 0 atom stereocenters. The van der Waals surface area contributed by atoms with Crippen LogP contribution in [0.1, 0.15) is 111 Å². The van der Waals surface area contributed by atoms with E-state index in [2.05, 4.69) is 19.9 Å². The molecule has 0 rings (SSSR count). The third-order valence-corrected chi connectivity index (χ3v) is 4.29. The van der Waals surface area contributed by atoms with Crippen LogP contribution in [0.2, 0.25) is 0 Å². The van der Waals surface area contributed by atoms with Gasteiger partial charge >= 0.3 is 5.97 Å². The van der Waals surface area contributed by atoms with Gasteiger partial charge in [0, 0.05) is 5.57 Å². The van der Waals surface area contributed by atoms with E-state index in [0.29, 0.717) is 6.61 Å². The second-order valence-corrected chi connectivity index (χ2v) is 6.52. The molecule has 0 fully saturated rings. The van der Waals surface area contributed by atoms with E-state index in [1.807, 2.05) is 6.92 Å². The average Bonchev–Trinajstić information content (AvgIpc) is 2.55. The lowest BCUT2D eigenvalue weighted by Gasteiger charge is -2.07. The third-order valence-electron chi connectivity index (χ3n) is 4.29. The second-order valence-electron chi connectivity index (χ2n) is 6.52. The Hall–Kier alpha value is -0.790. The molecular weight excluding hydrogens is 284 g/mol. The number of hydrogen-bond donors (Lipinski definition) is 0. The van der Waals surface area contributed by atoms with Crippen LogP contribution >= 0.6 is 0 Å². The Bertz CT molecular complexity index is 294. The van der Waals surface area contributed by atoms with Crippen molar-refractivity contribution in [2.24, 2.45) is 0 Å². The first-order valence-corrected chi connectivity index (χ1v) is 10.1. The molecular formula is C21H40O2. The zero-order valence-electron chi connectivity index (χ0n) is 16.0. The highest BCUT2D eigenvalue weighted by atomic mass is 16.5. The number of ether oxygens (including phenoxy) is 1. The molecule has 0 N–H and O–H groups in total. The number of rotatable bonds is 16. The van der Waals surface area contributed by atoms with E-state index in [-0.39, 0.29) is 5.97 Å². The predicted octanol–water partition coefficient (Wildman–Crippen LogP) is 6.98. The molecule has 0 saturated heterocycles. The molecule has 23 heavy (non-hydrogen) atoms. The molecule has 0 aliphatic heterocycles. The van der Waals surface area contributed by atoms with Gasteiger partial charge in [-0.3, -0.25) is 0 Å². The highest BCUT2D eigenvalue weighted by molar-refractivity contribution is 5.88. The van der Waals surface area contributed by atoms with Crippen LogP contribution in [0.15, 0.2) is 11.6 Å². The van der Waals surface area contributed by atoms with Crippen LogP contribution in [0.3, 0.4) is 0 Å². The topological polar surface area (TPSA) is 26.3 Å². The number of carbonyl (C=O) groups is 1. The Morgan fingerprint density at radius 2 is 1.26 bits per heavy atom. The Morgan fingerprint density at radius 3 is 1.83 bits per heavy atom. The van der Waals surface area contributed by atoms with Crippen LogP contribution in [0.5, 0.6) is 0 Å². The van der Waals surface area contributed by atoms with E-state index < -0.39 is 0 Å². The zero-order chi connectivity index (χ0) is 17.2. The molecule has 0 saturated carbocycles. The van der Waals surface area contributed by atoms with Crippen molar-refractivity contribution >= 4 is 5.97 Å². The summed E-state index contributed by atoms with van der Waals surface area (Å²) in [4.78, 5) is 12.0. The summed E-state index contributed by atoms with van der Waals surface area (Å²) in [6, 6.07) is 0. The van der Waals surface area contributed by atoms with Gasteiger partial charge in [-0.25, -0.2) is 4.79 Å². The Labute approximate surface area is 145 Å². The van der Waals surface area contributed by atoms with Crippen molar-refractivity contribution in [2.75, 3.05) is 6.61 Å². The molecule has 0 amide bonds. The largest absolute Gasteiger partial charge is 0.463 e. The van der Waals surface area contributed by atoms with Gasteiger partial charge in [0.25, 0.3) is 0 Å². The van der Waals surface area contributed by atoms with Gasteiger partial charge < -0.3 is 4.74 Å². The van der Waals surface area contributed by atoms with Crippen LogP contribution in [0, 0.1) is 0 Å². The van der Waals surface area contributed by atoms with Gasteiger partial charge in [-0.05, 0) is 32.6 Å². The van der Waals surface area contributed by atoms with E-state index >= 15 is 0 Å². The van der Waals surface area contributed by atoms with Crippen molar-refractivity contribution in [1.29, 1.82) is 0 Å². The molecule has 0 radical (unpaired) electrons. The lowest BCUT2D eigenvalue weighted by Crippen LogP contribution is -2.08. The third kappa shape index (κ3) is 14.5. The average molecular weight is 325 g/mol. The van der Waals surface area contributed by atoms with E-state index in [1.165, 1.54) is 70.6 Å². The lowest BCUT2D eigenvalue weighted by molar-refractivity contribution is -0.138. The van der Waals surface area contributed by atoms with Gasteiger partial charge in [-0.15, -0.1) is 0 Å². The molecule has 0 aliphatic carbocycles. The molecule has 2 nitrogen and oxygen atoms in total. The molecule has 136 valence electrons. The summed E-state index contributed by atoms with van der Waals surface area (Å²) in [5.74, 6) is -0.0907. The highest BCUT2D eigenvalue weighted by Crippen LogP contribution is 2.15. The zero-order valence-corrected chi connectivity index (χ0v) is 16.0. The molecule has 0 heterocycles. The quantitative estimate of drug-likeness (QED) is 0.174. The van der Waals surface area contributed by atoms with Crippen molar-refractivity contribution in [2.45, 2.75) is 111 Å². The smallest absolute Gasteiger partial charge is 0.333 e. The van der Waals surface area contributed by atoms with Gasteiger partial charge in [-0.2, -0.15) is 0 Å². The summed E-state index contributed by atoms with van der Waals surface area (Å²) in [6.07, 6.45) is 19.4. The standard InChI is InChI=1S/C21H40O2/c1-4-7-9-11-13-15-17-19-20(21(22)23-6-3)18-16-14-12-10-8-5-2/h19H,4-18H2,1-3H3/b20-19-. The molecule has 0 aromatic carbocycles. The molecule has 0 aromatic rings. The number of unbranched alkanes of at least 4 members (excludes halogenated alkanes) is 11. The van der Waals surface area contributed by atoms with Crippen molar-refractivity contribution in [3.63, 3.8) is 0 Å². The highest BCUT2D eigenvalue weighted by Gasteiger charge is 2.09. The fourth-order valence-electron chi connectivity index (χ4n) is 2.81. The summed E-state index contributed by atoms with van der Waals surface area (Å²) in [5.41, 5.74) is 0.913. The Morgan fingerprint density at radius 1 is 0.739 bits per heavy atom. The van der Waals surface area contributed by atoms with Crippen molar-refractivity contribution in [3.05, 3.63) is 11.6 Å². The maximum atomic E-state index is 12.0.